The summed E-state index contributed by atoms with van der Waals surface area (Å²) in [5.41, 5.74) is 2.03. The van der Waals surface area contributed by atoms with Gasteiger partial charge in [0.25, 0.3) is 0 Å². The maximum atomic E-state index is 11.7. The van der Waals surface area contributed by atoms with Crippen molar-refractivity contribution in [2.24, 2.45) is 0 Å². The van der Waals surface area contributed by atoms with Crippen LogP contribution < -0.4 is 9.47 Å². The zero-order chi connectivity index (χ0) is 14.5. The number of esters is 1. The third kappa shape index (κ3) is 3.75. The van der Waals surface area contributed by atoms with Crippen molar-refractivity contribution in [3.63, 3.8) is 0 Å². The highest BCUT2D eigenvalue weighted by atomic mass is 35.5. The predicted octanol–water partition coefficient (Wildman–Crippen LogP) is 3.94. The van der Waals surface area contributed by atoms with Gasteiger partial charge in [0.05, 0.1) is 0 Å². The molecule has 2 aromatic carbocycles. The van der Waals surface area contributed by atoms with Crippen LogP contribution in [0.4, 0.5) is 0 Å². The number of hydrogen-bond acceptors (Lipinski definition) is 3. The van der Waals surface area contributed by atoms with Gasteiger partial charge >= 0.3 is 5.97 Å². The first-order valence-electron chi connectivity index (χ1n) is 6.21. The van der Waals surface area contributed by atoms with Crippen LogP contribution in [-0.2, 0) is 4.79 Å². The normalized spacial score (nSPS) is 10.2. The molecular formula is C16H15ClO3. The molecule has 0 aromatic heterocycles. The van der Waals surface area contributed by atoms with Crippen molar-refractivity contribution in [3.8, 4) is 11.5 Å². The van der Waals surface area contributed by atoms with Gasteiger partial charge in [-0.25, -0.2) is 4.79 Å². The second-order valence-electron chi connectivity index (χ2n) is 4.41. The molecule has 0 unspecified atom stereocenters. The molecule has 0 aliphatic heterocycles. The van der Waals surface area contributed by atoms with Crippen molar-refractivity contribution in [2.75, 3.05) is 6.61 Å². The van der Waals surface area contributed by atoms with Gasteiger partial charge in [-0.05, 0) is 55.3 Å². The molecule has 3 nitrogen and oxygen atoms in total. The van der Waals surface area contributed by atoms with Crippen molar-refractivity contribution in [3.05, 3.63) is 58.6 Å². The van der Waals surface area contributed by atoms with Crippen LogP contribution >= 0.6 is 11.6 Å². The minimum atomic E-state index is -0.436. The zero-order valence-electron chi connectivity index (χ0n) is 11.4. The van der Waals surface area contributed by atoms with Crippen LogP contribution in [0.1, 0.15) is 11.1 Å². The van der Waals surface area contributed by atoms with Crippen molar-refractivity contribution in [1.82, 2.24) is 0 Å². The predicted molar refractivity (Wildman–Crippen MR) is 78.5 cm³/mol. The van der Waals surface area contributed by atoms with E-state index in [-0.39, 0.29) is 6.61 Å². The van der Waals surface area contributed by atoms with Crippen LogP contribution in [0.2, 0.25) is 5.02 Å². The average molecular weight is 291 g/mol. The zero-order valence-corrected chi connectivity index (χ0v) is 12.1. The molecule has 20 heavy (non-hydrogen) atoms. The number of carbonyl (C=O) groups is 1. The summed E-state index contributed by atoms with van der Waals surface area (Å²) in [5, 5.41) is 0.621. The molecule has 0 heterocycles. The van der Waals surface area contributed by atoms with E-state index >= 15 is 0 Å². The Labute approximate surface area is 123 Å². The second kappa shape index (κ2) is 6.44. The Bertz CT molecular complexity index is 606. The number of halogens is 1. The number of ether oxygens (including phenoxy) is 2. The summed E-state index contributed by atoms with van der Waals surface area (Å²) in [6.45, 7) is 3.74. The Morgan fingerprint density at radius 2 is 1.80 bits per heavy atom. The Hall–Kier alpha value is -2.00. The number of rotatable bonds is 4. The molecule has 0 atom stereocenters. The van der Waals surface area contributed by atoms with E-state index in [9.17, 15) is 4.79 Å². The van der Waals surface area contributed by atoms with E-state index in [0.29, 0.717) is 16.5 Å². The SMILES string of the molecule is Cc1cccc(OC(=O)COc2ccc(Cl)cc2)c1C. The first-order chi connectivity index (χ1) is 9.56. The smallest absolute Gasteiger partial charge is 0.349 e. The van der Waals surface area contributed by atoms with Gasteiger partial charge in [-0.2, -0.15) is 0 Å². The lowest BCUT2D eigenvalue weighted by Gasteiger charge is -2.10. The second-order valence-corrected chi connectivity index (χ2v) is 4.85. The van der Waals surface area contributed by atoms with Crippen LogP contribution in [0.15, 0.2) is 42.5 Å². The van der Waals surface area contributed by atoms with Gasteiger partial charge in [-0.3, -0.25) is 0 Å². The third-order valence-corrected chi connectivity index (χ3v) is 3.20. The van der Waals surface area contributed by atoms with E-state index in [1.165, 1.54) is 0 Å². The van der Waals surface area contributed by atoms with E-state index in [1.807, 2.05) is 26.0 Å². The van der Waals surface area contributed by atoms with Crippen molar-refractivity contribution in [1.29, 1.82) is 0 Å². The fourth-order valence-corrected chi connectivity index (χ4v) is 1.79. The molecule has 104 valence electrons. The van der Waals surface area contributed by atoms with Crippen molar-refractivity contribution < 1.29 is 14.3 Å². The topological polar surface area (TPSA) is 35.5 Å². The minimum absolute atomic E-state index is 0.144. The standard InChI is InChI=1S/C16H15ClO3/c1-11-4-3-5-15(12(11)2)20-16(18)10-19-14-8-6-13(17)7-9-14/h3-9H,10H2,1-2H3. The summed E-state index contributed by atoms with van der Waals surface area (Å²) in [7, 11) is 0. The highest BCUT2D eigenvalue weighted by Gasteiger charge is 2.09. The maximum absolute atomic E-state index is 11.7. The van der Waals surface area contributed by atoms with Gasteiger partial charge in [-0.15, -0.1) is 0 Å². The number of benzene rings is 2. The molecule has 0 fully saturated rings. The minimum Gasteiger partial charge on any atom is -0.482 e. The Balaban J connectivity index is 1.92. The van der Waals surface area contributed by atoms with Gasteiger partial charge in [0.15, 0.2) is 6.61 Å². The fourth-order valence-electron chi connectivity index (χ4n) is 1.66. The molecule has 4 heteroatoms. The molecule has 2 rings (SSSR count). The summed E-state index contributed by atoms with van der Waals surface area (Å²) < 4.78 is 10.6. The molecule has 0 saturated heterocycles. The molecule has 0 radical (unpaired) electrons. The first kappa shape index (κ1) is 14.4. The largest absolute Gasteiger partial charge is 0.482 e. The van der Waals surface area contributed by atoms with E-state index in [0.717, 1.165) is 11.1 Å². The molecule has 0 amide bonds. The summed E-state index contributed by atoms with van der Waals surface area (Å²) in [4.78, 5) is 11.7. The van der Waals surface area contributed by atoms with E-state index in [1.54, 1.807) is 30.3 Å². The molecule has 0 spiro atoms. The molecule has 0 aliphatic rings. The quantitative estimate of drug-likeness (QED) is 0.632. The van der Waals surface area contributed by atoms with Gasteiger partial charge in [0, 0.05) is 5.02 Å². The molecule has 0 saturated carbocycles. The van der Waals surface area contributed by atoms with Crippen LogP contribution in [-0.4, -0.2) is 12.6 Å². The number of hydrogen-bond donors (Lipinski definition) is 0. The van der Waals surface area contributed by atoms with Gasteiger partial charge in [-0.1, -0.05) is 23.7 Å². The summed E-state index contributed by atoms with van der Waals surface area (Å²) >= 11 is 5.77. The van der Waals surface area contributed by atoms with E-state index in [2.05, 4.69) is 0 Å². The molecule has 0 N–H and O–H groups in total. The van der Waals surface area contributed by atoms with Gasteiger partial charge in [0.1, 0.15) is 11.5 Å². The Morgan fingerprint density at radius 1 is 1.10 bits per heavy atom. The van der Waals surface area contributed by atoms with Crippen LogP contribution in [0, 0.1) is 13.8 Å². The van der Waals surface area contributed by atoms with Crippen molar-refractivity contribution in [2.45, 2.75) is 13.8 Å². The average Bonchev–Trinajstić information content (AvgIpc) is 2.43. The highest BCUT2D eigenvalue weighted by Crippen LogP contribution is 2.21. The van der Waals surface area contributed by atoms with E-state index in [4.69, 9.17) is 21.1 Å². The third-order valence-electron chi connectivity index (χ3n) is 2.95. The molecule has 2 aromatic rings. The van der Waals surface area contributed by atoms with Crippen molar-refractivity contribution >= 4 is 17.6 Å². The summed E-state index contributed by atoms with van der Waals surface area (Å²) in [6, 6.07) is 12.4. The molecular weight excluding hydrogens is 276 g/mol. The van der Waals surface area contributed by atoms with E-state index < -0.39 is 5.97 Å². The summed E-state index contributed by atoms with van der Waals surface area (Å²) in [6.07, 6.45) is 0. The van der Waals surface area contributed by atoms with Gasteiger partial charge in [0.2, 0.25) is 0 Å². The highest BCUT2D eigenvalue weighted by molar-refractivity contribution is 6.30. The Morgan fingerprint density at radius 3 is 2.50 bits per heavy atom. The lowest BCUT2D eigenvalue weighted by atomic mass is 10.1. The lowest BCUT2D eigenvalue weighted by Crippen LogP contribution is -2.18. The summed E-state index contributed by atoms with van der Waals surface area (Å²) in [5.74, 6) is 0.704. The Kier molecular flexibility index (Phi) is 4.64. The molecule has 0 aliphatic carbocycles. The van der Waals surface area contributed by atoms with Crippen LogP contribution in [0.3, 0.4) is 0 Å². The molecule has 0 bridgehead atoms. The van der Waals surface area contributed by atoms with Gasteiger partial charge < -0.3 is 9.47 Å². The monoisotopic (exact) mass is 290 g/mol. The van der Waals surface area contributed by atoms with Crippen LogP contribution in [0.25, 0.3) is 0 Å². The fraction of sp³-hybridized carbons (Fsp3) is 0.188. The maximum Gasteiger partial charge on any atom is 0.349 e. The van der Waals surface area contributed by atoms with Crippen LogP contribution in [0.5, 0.6) is 11.5 Å². The number of aryl methyl sites for hydroxylation is 1. The first-order valence-corrected chi connectivity index (χ1v) is 6.59. The lowest BCUT2D eigenvalue weighted by molar-refractivity contribution is -0.136. The number of carbonyl (C=O) groups excluding carboxylic acids is 1.